The first-order chi connectivity index (χ1) is 8.60. The van der Waals surface area contributed by atoms with E-state index in [0.717, 1.165) is 0 Å². The molecule has 2 N–H and O–H groups in total. The Morgan fingerprint density at radius 2 is 1.94 bits per heavy atom. The molecule has 0 fully saturated rings. The van der Waals surface area contributed by atoms with E-state index in [1.54, 1.807) is 25.3 Å². The molecule has 1 aromatic heterocycles. The minimum Gasteiger partial charge on any atom is -0.395 e. The predicted molar refractivity (Wildman–Crippen MR) is 66.2 cm³/mol. The summed E-state index contributed by atoms with van der Waals surface area (Å²) in [7, 11) is 0. The standard InChI is InChI=1S/C12H18N2O4/c1-10-3-2-4-14(12(10)18)9-11(17)13(5-7-15)6-8-16/h2-4,15-16H,5-9H2,1H3. The molecule has 18 heavy (non-hydrogen) atoms. The van der Waals surface area contributed by atoms with E-state index in [9.17, 15) is 9.59 Å². The number of aromatic nitrogens is 1. The lowest BCUT2D eigenvalue weighted by molar-refractivity contribution is -0.132. The minimum absolute atomic E-state index is 0.0828. The largest absolute Gasteiger partial charge is 0.395 e. The van der Waals surface area contributed by atoms with Gasteiger partial charge in [-0.25, -0.2) is 0 Å². The van der Waals surface area contributed by atoms with Crippen LogP contribution in [0, 0.1) is 6.92 Å². The maximum absolute atomic E-state index is 11.9. The highest BCUT2D eigenvalue weighted by Crippen LogP contribution is 1.94. The van der Waals surface area contributed by atoms with Crippen LogP contribution in [0.5, 0.6) is 0 Å². The highest BCUT2D eigenvalue weighted by molar-refractivity contribution is 5.76. The molecule has 0 atom stereocenters. The summed E-state index contributed by atoms with van der Waals surface area (Å²) in [5, 5.41) is 17.7. The fourth-order valence-corrected chi connectivity index (χ4v) is 1.63. The second-order valence-electron chi connectivity index (χ2n) is 3.95. The Kier molecular flexibility index (Phi) is 5.54. The van der Waals surface area contributed by atoms with Crippen LogP contribution in [0.15, 0.2) is 23.1 Å². The van der Waals surface area contributed by atoms with Crippen LogP contribution in [0.4, 0.5) is 0 Å². The van der Waals surface area contributed by atoms with Crippen molar-refractivity contribution in [3.8, 4) is 0 Å². The van der Waals surface area contributed by atoms with Crippen molar-refractivity contribution >= 4 is 5.91 Å². The molecule has 6 heteroatoms. The Hall–Kier alpha value is -1.66. The molecule has 1 aromatic rings. The topological polar surface area (TPSA) is 82.8 Å². The van der Waals surface area contributed by atoms with Gasteiger partial charge in [0.25, 0.3) is 5.56 Å². The van der Waals surface area contributed by atoms with Gasteiger partial charge in [-0.1, -0.05) is 6.07 Å². The molecule has 0 aliphatic rings. The van der Waals surface area contributed by atoms with Gasteiger partial charge >= 0.3 is 0 Å². The van der Waals surface area contributed by atoms with Crippen LogP contribution in [0.3, 0.4) is 0 Å². The summed E-state index contributed by atoms with van der Waals surface area (Å²) in [5.41, 5.74) is 0.361. The van der Waals surface area contributed by atoms with Crippen molar-refractivity contribution in [1.82, 2.24) is 9.47 Å². The normalized spacial score (nSPS) is 10.4. The van der Waals surface area contributed by atoms with Crippen molar-refractivity contribution < 1.29 is 15.0 Å². The van der Waals surface area contributed by atoms with Gasteiger partial charge in [0.2, 0.25) is 5.91 Å². The number of amides is 1. The van der Waals surface area contributed by atoms with E-state index in [-0.39, 0.29) is 44.3 Å². The summed E-state index contributed by atoms with van der Waals surface area (Å²) in [6.07, 6.45) is 1.54. The van der Waals surface area contributed by atoms with E-state index in [4.69, 9.17) is 10.2 Å². The van der Waals surface area contributed by atoms with Gasteiger partial charge in [-0.3, -0.25) is 9.59 Å². The van der Waals surface area contributed by atoms with E-state index in [1.165, 1.54) is 9.47 Å². The van der Waals surface area contributed by atoms with Crippen LogP contribution in [-0.4, -0.2) is 51.9 Å². The highest BCUT2D eigenvalue weighted by atomic mass is 16.3. The Labute approximate surface area is 105 Å². The maximum Gasteiger partial charge on any atom is 0.253 e. The number of aliphatic hydroxyl groups is 2. The number of rotatable bonds is 6. The molecule has 0 radical (unpaired) electrons. The molecule has 0 spiro atoms. The van der Waals surface area contributed by atoms with Crippen molar-refractivity contribution in [2.24, 2.45) is 0 Å². The third kappa shape index (κ3) is 3.68. The van der Waals surface area contributed by atoms with Crippen molar-refractivity contribution in [2.75, 3.05) is 26.3 Å². The molecule has 1 heterocycles. The van der Waals surface area contributed by atoms with Gasteiger partial charge in [-0.2, -0.15) is 0 Å². The molecule has 6 nitrogen and oxygen atoms in total. The quantitative estimate of drug-likeness (QED) is 0.680. The van der Waals surface area contributed by atoms with E-state index < -0.39 is 0 Å². The smallest absolute Gasteiger partial charge is 0.253 e. The Morgan fingerprint density at radius 1 is 1.33 bits per heavy atom. The minimum atomic E-state index is -0.300. The summed E-state index contributed by atoms with van der Waals surface area (Å²) in [6, 6.07) is 3.38. The van der Waals surface area contributed by atoms with Gasteiger partial charge in [0, 0.05) is 24.8 Å². The van der Waals surface area contributed by atoms with Crippen LogP contribution < -0.4 is 5.56 Å². The van der Waals surface area contributed by atoms with Crippen LogP contribution in [0.2, 0.25) is 0 Å². The number of hydrogen-bond acceptors (Lipinski definition) is 4. The summed E-state index contributed by atoms with van der Waals surface area (Å²) >= 11 is 0. The highest BCUT2D eigenvalue weighted by Gasteiger charge is 2.13. The molecular formula is C12H18N2O4. The van der Waals surface area contributed by atoms with Crippen LogP contribution in [-0.2, 0) is 11.3 Å². The molecular weight excluding hydrogens is 236 g/mol. The second-order valence-corrected chi connectivity index (χ2v) is 3.95. The zero-order chi connectivity index (χ0) is 13.5. The van der Waals surface area contributed by atoms with Crippen LogP contribution >= 0.6 is 0 Å². The summed E-state index contributed by atoms with van der Waals surface area (Å²) in [5.74, 6) is -0.300. The number of aliphatic hydroxyl groups excluding tert-OH is 2. The van der Waals surface area contributed by atoms with Crippen molar-refractivity contribution in [3.63, 3.8) is 0 Å². The summed E-state index contributed by atoms with van der Waals surface area (Å²) in [6.45, 7) is 1.56. The maximum atomic E-state index is 11.9. The lowest BCUT2D eigenvalue weighted by Crippen LogP contribution is -2.39. The van der Waals surface area contributed by atoms with Crippen LogP contribution in [0.1, 0.15) is 5.56 Å². The number of carbonyl (C=O) groups is 1. The van der Waals surface area contributed by atoms with Gasteiger partial charge < -0.3 is 19.7 Å². The molecule has 1 amide bonds. The lowest BCUT2D eigenvalue weighted by Gasteiger charge is -2.21. The van der Waals surface area contributed by atoms with Crippen molar-refractivity contribution in [1.29, 1.82) is 0 Å². The average Bonchev–Trinajstić information content (AvgIpc) is 2.34. The Morgan fingerprint density at radius 3 is 2.50 bits per heavy atom. The summed E-state index contributed by atoms with van der Waals surface area (Å²) < 4.78 is 1.32. The van der Waals surface area contributed by atoms with Gasteiger partial charge in [-0.05, 0) is 13.0 Å². The van der Waals surface area contributed by atoms with Crippen LogP contribution in [0.25, 0.3) is 0 Å². The van der Waals surface area contributed by atoms with Gasteiger partial charge in [0.05, 0.1) is 13.2 Å². The SMILES string of the molecule is Cc1cccn(CC(=O)N(CCO)CCO)c1=O. The predicted octanol–water partition coefficient (Wildman–Crippen LogP) is -1.03. The van der Waals surface area contributed by atoms with Gasteiger partial charge in [0.1, 0.15) is 6.54 Å². The number of hydrogen-bond donors (Lipinski definition) is 2. The molecule has 0 bridgehead atoms. The summed E-state index contributed by atoms with van der Waals surface area (Å²) in [4.78, 5) is 25.0. The van der Waals surface area contributed by atoms with Gasteiger partial charge in [-0.15, -0.1) is 0 Å². The molecule has 0 aromatic carbocycles. The molecule has 0 saturated heterocycles. The first-order valence-electron chi connectivity index (χ1n) is 5.75. The second kappa shape index (κ2) is 6.93. The number of aryl methyl sites for hydroxylation is 1. The fourth-order valence-electron chi connectivity index (χ4n) is 1.63. The molecule has 0 unspecified atom stereocenters. The number of nitrogens with zero attached hydrogens (tertiary/aromatic N) is 2. The number of pyridine rings is 1. The van der Waals surface area contributed by atoms with E-state index in [2.05, 4.69) is 0 Å². The van der Waals surface area contributed by atoms with E-state index in [0.29, 0.717) is 5.56 Å². The lowest BCUT2D eigenvalue weighted by atomic mass is 10.3. The Bertz CT molecular complexity index is 450. The number of carbonyl (C=O) groups excluding carboxylic acids is 1. The van der Waals surface area contributed by atoms with Crippen molar-refractivity contribution in [2.45, 2.75) is 13.5 Å². The fraction of sp³-hybridized carbons (Fsp3) is 0.500. The Balaban J connectivity index is 2.79. The molecule has 1 rings (SSSR count). The third-order valence-corrected chi connectivity index (χ3v) is 2.61. The monoisotopic (exact) mass is 254 g/mol. The molecule has 0 aliphatic heterocycles. The van der Waals surface area contributed by atoms with E-state index in [1.807, 2.05) is 0 Å². The van der Waals surface area contributed by atoms with Gasteiger partial charge in [0.15, 0.2) is 0 Å². The average molecular weight is 254 g/mol. The van der Waals surface area contributed by atoms with E-state index >= 15 is 0 Å². The zero-order valence-electron chi connectivity index (χ0n) is 10.4. The first kappa shape index (κ1) is 14.4. The van der Waals surface area contributed by atoms with Crippen molar-refractivity contribution in [3.05, 3.63) is 34.2 Å². The molecule has 0 saturated carbocycles. The molecule has 100 valence electrons. The zero-order valence-corrected chi connectivity index (χ0v) is 10.4. The molecule has 0 aliphatic carbocycles. The third-order valence-electron chi connectivity index (χ3n) is 2.61. The first-order valence-corrected chi connectivity index (χ1v) is 5.75.